The summed E-state index contributed by atoms with van der Waals surface area (Å²) < 4.78 is 45.2. The molecule has 0 saturated carbocycles. The van der Waals surface area contributed by atoms with E-state index >= 15 is 0 Å². The predicted molar refractivity (Wildman–Crippen MR) is 20.8 cm³/mol. The Bertz CT molecular complexity index is 156. The minimum Gasteiger partial charge on any atom is -0.545 e. The van der Waals surface area contributed by atoms with Gasteiger partial charge in [-0.2, -0.15) is 13.2 Å². The molecule has 0 bridgehead atoms. The molecule has 8 heteroatoms. The molecule has 0 rings (SSSR count). The van der Waals surface area contributed by atoms with Crippen LogP contribution >= 0.6 is 11.6 Å². The molecule has 0 aliphatic rings. The van der Waals surface area contributed by atoms with E-state index in [1.54, 1.807) is 0 Å². The van der Waals surface area contributed by atoms with Crippen molar-refractivity contribution in [3.05, 3.63) is 0 Å². The first-order valence-corrected chi connectivity index (χ1v) is 2.23. The molecule has 2 nitrogen and oxygen atoms in total. The van der Waals surface area contributed by atoms with Crippen molar-refractivity contribution < 1.29 is 57.0 Å². The third kappa shape index (κ3) is 3.14. The number of carbonyl (C=O) groups is 1. The standard InChI is InChI=1S/C3HClF4O2.Na/c4-2(5,1(9)10)3(6,7)8;/h(H,9,10);/q;+1/p-1. The van der Waals surface area contributed by atoms with Gasteiger partial charge in [0.25, 0.3) is 0 Å². The molecule has 0 aromatic heterocycles. The second kappa shape index (κ2) is 3.93. The summed E-state index contributed by atoms with van der Waals surface area (Å²) in [6, 6.07) is 0. The first-order valence-electron chi connectivity index (χ1n) is 1.85. The fraction of sp³-hybridized carbons (Fsp3) is 0.667. The number of rotatable bonds is 1. The largest absolute Gasteiger partial charge is 1.00 e. The van der Waals surface area contributed by atoms with Crippen LogP contribution < -0.4 is 34.7 Å². The van der Waals surface area contributed by atoms with Gasteiger partial charge in [-0.3, -0.25) is 0 Å². The second-order valence-corrected chi connectivity index (χ2v) is 1.88. The van der Waals surface area contributed by atoms with E-state index in [1.807, 2.05) is 0 Å². The number of carboxylic acid groups (broad SMARTS) is 1. The van der Waals surface area contributed by atoms with Crippen LogP contribution in [0.25, 0.3) is 0 Å². The van der Waals surface area contributed by atoms with E-state index in [0.29, 0.717) is 0 Å². The van der Waals surface area contributed by atoms with Crippen molar-refractivity contribution in [2.24, 2.45) is 0 Å². The summed E-state index contributed by atoms with van der Waals surface area (Å²) in [5.74, 6) is -3.01. The Hall–Kier alpha value is 0.480. The monoisotopic (exact) mass is 202 g/mol. The van der Waals surface area contributed by atoms with Crippen LogP contribution in [-0.4, -0.2) is 17.3 Å². The molecule has 0 radical (unpaired) electrons. The maximum absolute atomic E-state index is 11.7. The minimum absolute atomic E-state index is 0. The van der Waals surface area contributed by atoms with Crippen molar-refractivity contribution in [1.82, 2.24) is 0 Å². The molecule has 0 aliphatic heterocycles. The van der Waals surface area contributed by atoms with Crippen LogP contribution in [0.15, 0.2) is 0 Å². The van der Waals surface area contributed by atoms with E-state index in [9.17, 15) is 27.5 Å². The fourth-order valence-corrected chi connectivity index (χ4v) is 0.116. The molecular weight excluding hydrogens is 202 g/mol. The summed E-state index contributed by atoms with van der Waals surface area (Å²) in [5.41, 5.74) is 0. The molecule has 0 N–H and O–H groups in total. The average Bonchev–Trinajstić information content (AvgIpc) is 1.62. The number of hydrogen-bond acceptors (Lipinski definition) is 2. The molecule has 0 aromatic rings. The van der Waals surface area contributed by atoms with Gasteiger partial charge < -0.3 is 9.90 Å². The maximum Gasteiger partial charge on any atom is 1.00 e. The van der Waals surface area contributed by atoms with Crippen LogP contribution in [0.5, 0.6) is 0 Å². The Morgan fingerprint density at radius 1 is 1.27 bits per heavy atom. The Morgan fingerprint density at radius 3 is 1.55 bits per heavy atom. The molecule has 0 fully saturated rings. The van der Waals surface area contributed by atoms with Gasteiger partial charge in [0.2, 0.25) is 0 Å². The maximum atomic E-state index is 11.7. The second-order valence-electron chi connectivity index (χ2n) is 1.36. The molecular formula is C3ClF4NaO2. The number of aliphatic carboxylic acids is 1. The van der Waals surface area contributed by atoms with Gasteiger partial charge >= 0.3 is 40.9 Å². The Kier molecular flexibility index (Phi) is 5.01. The van der Waals surface area contributed by atoms with Gasteiger partial charge in [0.15, 0.2) is 0 Å². The quantitative estimate of drug-likeness (QED) is 0.262. The molecule has 0 aromatic carbocycles. The molecule has 0 spiro atoms. The van der Waals surface area contributed by atoms with E-state index in [0.717, 1.165) is 0 Å². The summed E-state index contributed by atoms with van der Waals surface area (Å²) in [7, 11) is 0. The molecule has 60 valence electrons. The summed E-state index contributed by atoms with van der Waals surface area (Å²) in [6.07, 6.45) is -5.65. The van der Waals surface area contributed by atoms with E-state index in [4.69, 9.17) is 0 Å². The van der Waals surface area contributed by atoms with E-state index in [1.165, 1.54) is 0 Å². The molecule has 1 unspecified atom stereocenters. The van der Waals surface area contributed by atoms with Crippen LogP contribution in [0.4, 0.5) is 17.6 Å². The summed E-state index contributed by atoms with van der Waals surface area (Å²) in [5, 5.41) is 4.54. The van der Waals surface area contributed by atoms with Crippen LogP contribution in [0.1, 0.15) is 0 Å². The smallest absolute Gasteiger partial charge is 0.545 e. The van der Waals surface area contributed by atoms with Crippen molar-refractivity contribution in [3.8, 4) is 0 Å². The van der Waals surface area contributed by atoms with Crippen LogP contribution in [0.3, 0.4) is 0 Å². The van der Waals surface area contributed by atoms with Gasteiger partial charge in [-0.25, -0.2) is 4.39 Å². The number of hydrogen-bond donors (Lipinski definition) is 0. The third-order valence-corrected chi connectivity index (χ3v) is 0.981. The fourth-order valence-electron chi connectivity index (χ4n) is 0.116. The minimum atomic E-state index is -5.65. The molecule has 1 atom stereocenters. The van der Waals surface area contributed by atoms with Crippen molar-refractivity contribution in [1.29, 1.82) is 0 Å². The Labute approximate surface area is 85.8 Å². The predicted octanol–water partition coefficient (Wildman–Crippen LogP) is -2.79. The van der Waals surface area contributed by atoms with Crippen LogP contribution in [0, 0.1) is 0 Å². The summed E-state index contributed by atoms with van der Waals surface area (Å²) in [6.45, 7) is 0. The van der Waals surface area contributed by atoms with E-state index in [2.05, 4.69) is 11.6 Å². The zero-order chi connectivity index (χ0) is 8.58. The van der Waals surface area contributed by atoms with E-state index < -0.39 is 17.3 Å². The topological polar surface area (TPSA) is 40.1 Å². The Balaban J connectivity index is 0. The van der Waals surface area contributed by atoms with Gasteiger partial charge in [-0.15, -0.1) is 0 Å². The number of carbonyl (C=O) groups excluding carboxylic acids is 1. The normalized spacial score (nSPS) is 16.5. The molecule has 11 heavy (non-hydrogen) atoms. The summed E-state index contributed by atoms with van der Waals surface area (Å²) >= 11 is 3.89. The molecule has 0 aliphatic carbocycles. The zero-order valence-corrected chi connectivity index (χ0v) is 7.96. The van der Waals surface area contributed by atoms with E-state index in [-0.39, 0.29) is 29.6 Å². The van der Waals surface area contributed by atoms with Gasteiger partial charge in [-0.1, -0.05) is 11.6 Å². The van der Waals surface area contributed by atoms with Gasteiger partial charge in [0.1, 0.15) is 5.97 Å². The van der Waals surface area contributed by atoms with Crippen molar-refractivity contribution in [2.75, 3.05) is 0 Å². The van der Waals surface area contributed by atoms with Gasteiger partial charge in [0.05, 0.1) is 0 Å². The first kappa shape index (κ1) is 14.0. The number of alkyl halides is 5. The average molecular weight is 202 g/mol. The third-order valence-electron chi connectivity index (χ3n) is 0.612. The van der Waals surface area contributed by atoms with Crippen molar-refractivity contribution in [2.45, 2.75) is 11.3 Å². The summed E-state index contributed by atoms with van der Waals surface area (Å²) in [4.78, 5) is 9.33. The van der Waals surface area contributed by atoms with Gasteiger partial charge in [0, 0.05) is 0 Å². The van der Waals surface area contributed by atoms with Crippen molar-refractivity contribution >= 4 is 17.6 Å². The SMILES string of the molecule is O=C([O-])C(F)(Cl)C(F)(F)F.[Na+]. The number of carboxylic acids is 1. The van der Waals surface area contributed by atoms with Crippen LogP contribution in [-0.2, 0) is 4.79 Å². The Morgan fingerprint density at radius 2 is 1.55 bits per heavy atom. The molecule has 0 amide bonds. The first-order chi connectivity index (χ1) is 4.19. The molecule has 0 heterocycles. The van der Waals surface area contributed by atoms with Crippen LogP contribution in [0.2, 0.25) is 0 Å². The van der Waals surface area contributed by atoms with Crippen molar-refractivity contribution in [3.63, 3.8) is 0 Å². The zero-order valence-electron chi connectivity index (χ0n) is 5.21. The van der Waals surface area contributed by atoms with Gasteiger partial charge in [-0.05, 0) is 0 Å². The number of halogens is 5. The molecule has 0 saturated heterocycles.